The lowest BCUT2D eigenvalue weighted by Gasteiger charge is -2.26. The van der Waals surface area contributed by atoms with E-state index in [-0.39, 0.29) is 18.7 Å². The summed E-state index contributed by atoms with van der Waals surface area (Å²) in [5.41, 5.74) is 6.47. The van der Waals surface area contributed by atoms with Crippen LogP contribution in [0.3, 0.4) is 0 Å². The second-order valence-corrected chi connectivity index (χ2v) is 4.63. The van der Waals surface area contributed by atoms with Crippen LogP contribution in [0.2, 0.25) is 0 Å². The number of guanidine groups is 2. The number of rotatable bonds is 3. The van der Waals surface area contributed by atoms with E-state index < -0.39 is 0 Å². The molecule has 0 bridgehead atoms. The lowest BCUT2D eigenvalue weighted by molar-refractivity contribution is 0.174. The van der Waals surface area contributed by atoms with E-state index in [0.29, 0.717) is 6.54 Å². The normalized spacial score (nSPS) is 12.1. The predicted molar refractivity (Wildman–Crippen MR) is 76.3 cm³/mol. The van der Waals surface area contributed by atoms with Crippen LogP contribution >= 0.6 is 0 Å². The van der Waals surface area contributed by atoms with Gasteiger partial charge < -0.3 is 20.1 Å². The van der Waals surface area contributed by atoms with E-state index in [4.69, 9.17) is 26.0 Å². The van der Waals surface area contributed by atoms with Gasteiger partial charge in [0, 0.05) is 20.6 Å². The molecule has 0 radical (unpaired) electrons. The van der Waals surface area contributed by atoms with Gasteiger partial charge in [-0.25, -0.2) is 0 Å². The van der Waals surface area contributed by atoms with E-state index >= 15 is 0 Å². The topological polar surface area (TPSA) is 98.7 Å². The van der Waals surface area contributed by atoms with Crippen molar-refractivity contribution in [2.45, 2.75) is 6.42 Å². The van der Waals surface area contributed by atoms with Crippen LogP contribution in [0.1, 0.15) is 5.56 Å². The van der Waals surface area contributed by atoms with E-state index in [1.807, 2.05) is 18.2 Å². The van der Waals surface area contributed by atoms with Crippen LogP contribution in [0.4, 0.5) is 0 Å². The minimum absolute atomic E-state index is 0.148. The molecule has 0 saturated heterocycles. The van der Waals surface area contributed by atoms with Crippen molar-refractivity contribution in [3.05, 3.63) is 23.8 Å². The minimum Gasteiger partial charge on any atom is -0.454 e. The average molecular weight is 277 g/mol. The van der Waals surface area contributed by atoms with Crippen LogP contribution in [-0.4, -0.2) is 49.2 Å². The van der Waals surface area contributed by atoms with Crippen LogP contribution < -0.4 is 15.2 Å². The Morgan fingerprint density at radius 3 is 2.65 bits per heavy atom. The van der Waals surface area contributed by atoms with Gasteiger partial charge in [0.2, 0.25) is 6.79 Å². The summed E-state index contributed by atoms with van der Waals surface area (Å²) < 4.78 is 10.6. The first-order valence-corrected chi connectivity index (χ1v) is 6.25. The second kappa shape index (κ2) is 5.68. The van der Waals surface area contributed by atoms with Gasteiger partial charge in [-0.05, 0) is 24.1 Å². The molecule has 0 aromatic heterocycles. The molecule has 0 fully saturated rings. The summed E-state index contributed by atoms with van der Waals surface area (Å²) >= 11 is 0. The maximum Gasteiger partial charge on any atom is 0.231 e. The SMILES string of the molecule is CN(CCc1ccc2c(c1)OCO2)C(=N)N(C)C(=N)N. The van der Waals surface area contributed by atoms with Crippen molar-refractivity contribution in [2.75, 3.05) is 27.4 Å². The number of fused-ring (bicyclic) bond motifs is 1. The molecule has 0 unspecified atom stereocenters. The molecule has 1 aliphatic heterocycles. The molecule has 0 saturated carbocycles. The fraction of sp³-hybridized carbons (Fsp3) is 0.385. The van der Waals surface area contributed by atoms with Gasteiger partial charge in [-0.15, -0.1) is 0 Å². The molecule has 0 aliphatic carbocycles. The van der Waals surface area contributed by atoms with E-state index in [9.17, 15) is 0 Å². The number of nitrogens with zero attached hydrogens (tertiary/aromatic N) is 2. The number of likely N-dealkylation sites (N-methyl/N-ethyl adjacent to an activating group) is 1. The highest BCUT2D eigenvalue weighted by Gasteiger charge is 2.15. The van der Waals surface area contributed by atoms with Crippen LogP contribution in [0.15, 0.2) is 18.2 Å². The zero-order chi connectivity index (χ0) is 14.7. The number of ether oxygens (including phenoxy) is 2. The van der Waals surface area contributed by atoms with Gasteiger partial charge in [-0.2, -0.15) is 0 Å². The Hall–Kier alpha value is -2.44. The van der Waals surface area contributed by atoms with E-state index in [1.54, 1.807) is 19.0 Å². The van der Waals surface area contributed by atoms with Crippen molar-refractivity contribution in [3.63, 3.8) is 0 Å². The highest BCUT2D eigenvalue weighted by Crippen LogP contribution is 2.32. The Morgan fingerprint density at radius 1 is 1.25 bits per heavy atom. The maximum absolute atomic E-state index is 7.91. The summed E-state index contributed by atoms with van der Waals surface area (Å²) in [4.78, 5) is 3.06. The van der Waals surface area contributed by atoms with E-state index in [0.717, 1.165) is 23.5 Å². The van der Waals surface area contributed by atoms with Crippen molar-refractivity contribution in [2.24, 2.45) is 5.73 Å². The molecule has 1 aromatic rings. The Kier molecular flexibility index (Phi) is 3.97. The van der Waals surface area contributed by atoms with E-state index in [2.05, 4.69) is 0 Å². The molecule has 0 amide bonds. The summed E-state index contributed by atoms with van der Waals surface area (Å²) in [5.74, 6) is 1.58. The predicted octanol–water partition coefficient (Wildman–Crippen LogP) is 0.650. The smallest absolute Gasteiger partial charge is 0.231 e. The third-order valence-electron chi connectivity index (χ3n) is 3.21. The first kappa shape index (κ1) is 14.0. The third-order valence-corrected chi connectivity index (χ3v) is 3.21. The standard InChI is InChI=1S/C13H19N5O2/c1-17(13(16)18(2)12(14)15)6-5-9-3-4-10-11(7-9)20-8-19-10/h3-4,7,16H,5-6,8H2,1-2H3,(H3,14,15). The lowest BCUT2D eigenvalue weighted by atomic mass is 10.1. The third kappa shape index (κ3) is 2.93. The summed E-state index contributed by atoms with van der Waals surface area (Å²) in [6.07, 6.45) is 0.765. The van der Waals surface area contributed by atoms with Gasteiger partial charge in [0.05, 0.1) is 0 Å². The fourth-order valence-electron chi connectivity index (χ4n) is 1.87. The van der Waals surface area contributed by atoms with Gasteiger partial charge in [-0.3, -0.25) is 15.7 Å². The number of nitrogens with one attached hydrogen (secondary N) is 2. The van der Waals surface area contributed by atoms with Crippen molar-refractivity contribution >= 4 is 11.9 Å². The molecule has 1 aliphatic rings. The van der Waals surface area contributed by atoms with Crippen LogP contribution in [0.25, 0.3) is 0 Å². The Balaban J connectivity index is 1.92. The zero-order valence-electron chi connectivity index (χ0n) is 11.6. The Labute approximate surface area is 117 Å². The van der Waals surface area contributed by atoms with Crippen molar-refractivity contribution in [3.8, 4) is 11.5 Å². The molecule has 1 heterocycles. The average Bonchev–Trinajstić information content (AvgIpc) is 2.90. The number of benzene rings is 1. The fourth-order valence-corrected chi connectivity index (χ4v) is 1.87. The molecule has 7 heteroatoms. The molecule has 2 rings (SSSR count). The molecule has 20 heavy (non-hydrogen) atoms. The molecule has 1 aromatic carbocycles. The summed E-state index contributed by atoms with van der Waals surface area (Å²) in [7, 11) is 3.40. The van der Waals surface area contributed by atoms with Gasteiger partial charge in [0.1, 0.15) is 0 Å². The zero-order valence-corrected chi connectivity index (χ0v) is 11.6. The first-order valence-electron chi connectivity index (χ1n) is 6.25. The second-order valence-electron chi connectivity index (χ2n) is 4.63. The number of nitrogens with two attached hydrogens (primary N) is 1. The molecule has 0 atom stereocenters. The van der Waals surface area contributed by atoms with Gasteiger partial charge in [0.15, 0.2) is 23.4 Å². The maximum atomic E-state index is 7.91. The van der Waals surface area contributed by atoms with Gasteiger partial charge >= 0.3 is 0 Å². The largest absolute Gasteiger partial charge is 0.454 e. The molecular formula is C13H19N5O2. The van der Waals surface area contributed by atoms with Crippen molar-refractivity contribution in [1.29, 1.82) is 10.8 Å². The van der Waals surface area contributed by atoms with Crippen LogP contribution in [-0.2, 0) is 6.42 Å². The first-order chi connectivity index (χ1) is 9.49. The summed E-state index contributed by atoms with van der Waals surface area (Å²) in [6.45, 7) is 0.919. The van der Waals surface area contributed by atoms with Crippen LogP contribution in [0.5, 0.6) is 11.5 Å². The summed E-state index contributed by atoms with van der Waals surface area (Å²) in [5, 5.41) is 15.2. The number of hydrogen-bond donors (Lipinski definition) is 3. The Bertz CT molecular complexity index is 531. The van der Waals surface area contributed by atoms with Gasteiger partial charge in [0.25, 0.3) is 0 Å². The number of hydrogen-bond acceptors (Lipinski definition) is 4. The highest BCUT2D eigenvalue weighted by atomic mass is 16.7. The molecule has 7 nitrogen and oxygen atoms in total. The van der Waals surface area contributed by atoms with Crippen molar-refractivity contribution < 1.29 is 9.47 Å². The molecule has 4 N–H and O–H groups in total. The molecular weight excluding hydrogens is 258 g/mol. The Morgan fingerprint density at radius 2 is 1.95 bits per heavy atom. The minimum atomic E-state index is -0.148. The van der Waals surface area contributed by atoms with Crippen molar-refractivity contribution in [1.82, 2.24) is 9.80 Å². The molecule has 108 valence electrons. The summed E-state index contributed by atoms with van der Waals surface area (Å²) in [6, 6.07) is 5.83. The quantitative estimate of drug-likeness (QED) is 0.556. The monoisotopic (exact) mass is 277 g/mol. The van der Waals surface area contributed by atoms with Crippen LogP contribution in [0, 0.1) is 10.8 Å². The van der Waals surface area contributed by atoms with Gasteiger partial charge in [-0.1, -0.05) is 6.07 Å². The highest BCUT2D eigenvalue weighted by molar-refractivity contribution is 5.94. The molecule has 0 spiro atoms. The van der Waals surface area contributed by atoms with E-state index in [1.165, 1.54) is 4.90 Å². The lowest BCUT2D eigenvalue weighted by Crippen LogP contribution is -2.46.